The number of aryl methyl sites for hydroxylation is 1. The number of nitrogens with zero attached hydrogens (tertiary/aromatic N) is 4. The Balaban J connectivity index is 2.26. The van der Waals surface area contributed by atoms with Crippen molar-refractivity contribution in [3.05, 3.63) is 15.9 Å². The molecule has 1 aromatic rings. The molecule has 0 spiro atoms. The number of aromatic nitrogens is 2. The number of carboxylic acids is 1. The van der Waals surface area contributed by atoms with E-state index in [1.165, 1.54) is 0 Å². The van der Waals surface area contributed by atoms with Crippen molar-refractivity contribution in [2.45, 2.75) is 19.4 Å². The molecule has 0 bridgehead atoms. The van der Waals surface area contributed by atoms with E-state index < -0.39 is 17.0 Å². The summed E-state index contributed by atoms with van der Waals surface area (Å²) in [7, 11) is 1.70. The minimum atomic E-state index is -0.951. The topological polar surface area (TPSA) is 111 Å². The average Bonchev–Trinajstić information content (AvgIpc) is 2.66. The number of carbonyl (C=O) groups is 1. The van der Waals surface area contributed by atoms with Crippen LogP contribution in [0.2, 0.25) is 0 Å². The zero-order valence-corrected chi connectivity index (χ0v) is 11.3. The largest absolute Gasteiger partial charge is 0.481 e. The molecule has 0 aromatic carbocycles. The molecule has 0 aliphatic carbocycles. The molecule has 9 nitrogen and oxygen atoms in total. The second-order valence-electron chi connectivity index (χ2n) is 4.66. The number of carboxylic acid groups (broad SMARTS) is 1. The number of imidazole rings is 1. The van der Waals surface area contributed by atoms with Gasteiger partial charge in [0.15, 0.2) is 0 Å². The van der Waals surface area contributed by atoms with E-state index in [-0.39, 0.29) is 12.2 Å². The van der Waals surface area contributed by atoms with Crippen molar-refractivity contribution in [2.75, 3.05) is 24.6 Å². The maximum atomic E-state index is 11.1. The Hall–Kier alpha value is -2.16. The van der Waals surface area contributed by atoms with Crippen molar-refractivity contribution in [3.8, 4) is 0 Å². The van der Waals surface area contributed by atoms with E-state index in [0.29, 0.717) is 31.3 Å². The van der Waals surface area contributed by atoms with E-state index in [9.17, 15) is 14.9 Å². The lowest BCUT2D eigenvalue weighted by Gasteiger charge is -2.33. The first-order valence-electron chi connectivity index (χ1n) is 6.16. The SMILES string of the molecule is Cc1nc([N+](=O)[O-])c(N2CCOC(CC(=O)O)C2)n1C. The summed E-state index contributed by atoms with van der Waals surface area (Å²) in [4.78, 5) is 27.0. The fourth-order valence-electron chi connectivity index (χ4n) is 2.29. The maximum Gasteiger partial charge on any atom is 0.406 e. The fraction of sp³-hybridized carbons (Fsp3) is 0.636. The second-order valence-corrected chi connectivity index (χ2v) is 4.66. The van der Waals surface area contributed by atoms with Crippen LogP contribution in [0.15, 0.2) is 0 Å². The zero-order valence-electron chi connectivity index (χ0n) is 11.3. The molecule has 0 radical (unpaired) electrons. The van der Waals surface area contributed by atoms with Gasteiger partial charge in [-0.2, -0.15) is 0 Å². The number of rotatable bonds is 4. The van der Waals surface area contributed by atoms with Crippen LogP contribution in [0.4, 0.5) is 11.6 Å². The van der Waals surface area contributed by atoms with Crippen molar-refractivity contribution in [1.29, 1.82) is 0 Å². The highest BCUT2D eigenvalue weighted by Crippen LogP contribution is 2.29. The smallest absolute Gasteiger partial charge is 0.406 e. The van der Waals surface area contributed by atoms with Gasteiger partial charge < -0.3 is 24.9 Å². The van der Waals surface area contributed by atoms with Crippen LogP contribution in [-0.4, -0.2) is 51.4 Å². The van der Waals surface area contributed by atoms with Crippen LogP contribution < -0.4 is 4.90 Å². The summed E-state index contributed by atoms with van der Waals surface area (Å²) in [5.41, 5.74) is 0. The number of hydrogen-bond acceptors (Lipinski definition) is 6. The summed E-state index contributed by atoms with van der Waals surface area (Å²) < 4.78 is 7.01. The van der Waals surface area contributed by atoms with E-state index in [4.69, 9.17) is 9.84 Å². The molecule has 0 amide bonds. The van der Waals surface area contributed by atoms with Crippen molar-refractivity contribution in [1.82, 2.24) is 9.55 Å². The minimum absolute atomic E-state index is 0.124. The van der Waals surface area contributed by atoms with Crippen molar-refractivity contribution >= 4 is 17.6 Å². The second kappa shape index (κ2) is 5.45. The molecule has 20 heavy (non-hydrogen) atoms. The Labute approximate surface area is 114 Å². The van der Waals surface area contributed by atoms with Gasteiger partial charge in [0.05, 0.1) is 19.1 Å². The third-order valence-corrected chi connectivity index (χ3v) is 3.28. The fourth-order valence-corrected chi connectivity index (χ4v) is 2.29. The van der Waals surface area contributed by atoms with Crippen molar-refractivity contribution in [2.24, 2.45) is 7.05 Å². The number of nitro groups is 1. The summed E-state index contributed by atoms with van der Waals surface area (Å²) in [5, 5.41) is 19.9. The highest BCUT2D eigenvalue weighted by atomic mass is 16.6. The van der Waals surface area contributed by atoms with Gasteiger partial charge in [-0.05, 0) is 9.91 Å². The summed E-state index contributed by atoms with van der Waals surface area (Å²) in [6.45, 7) is 2.78. The molecule has 110 valence electrons. The highest BCUT2D eigenvalue weighted by Gasteiger charge is 2.32. The standard InChI is InChI=1S/C11H16N4O5/c1-7-12-10(15(18)19)11(13(7)2)14-3-4-20-8(6-14)5-9(16)17/h8H,3-6H2,1-2H3,(H,16,17). The Morgan fingerprint density at radius 2 is 2.35 bits per heavy atom. The first-order chi connectivity index (χ1) is 9.40. The highest BCUT2D eigenvalue weighted by molar-refractivity contribution is 5.67. The molecule has 1 saturated heterocycles. The first kappa shape index (κ1) is 14.3. The van der Waals surface area contributed by atoms with Crippen LogP contribution in [-0.2, 0) is 16.6 Å². The van der Waals surface area contributed by atoms with Gasteiger partial charge in [-0.15, -0.1) is 0 Å². The Morgan fingerprint density at radius 1 is 1.65 bits per heavy atom. The van der Waals surface area contributed by atoms with Crippen molar-refractivity contribution < 1.29 is 19.6 Å². The molecule has 2 heterocycles. The molecule has 1 unspecified atom stereocenters. The lowest BCUT2D eigenvalue weighted by Crippen LogP contribution is -2.44. The third kappa shape index (κ3) is 2.72. The van der Waals surface area contributed by atoms with E-state index in [1.54, 1.807) is 23.4 Å². The van der Waals surface area contributed by atoms with Crippen LogP contribution in [0.5, 0.6) is 0 Å². The lowest BCUT2D eigenvalue weighted by atomic mass is 10.2. The van der Waals surface area contributed by atoms with Gasteiger partial charge in [-0.3, -0.25) is 9.36 Å². The minimum Gasteiger partial charge on any atom is -0.481 e. The number of ether oxygens (including phenoxy) is 1. The van der Waals surface area contributed by atoms with Crippen LogP contribution >= 0.6 is 0 Å². The monoisotopic (exact) mass is 284 g/mol. The number of hydrogen-bond donors (Lipinski definition) is 1. The molecule has 1 aromatic heterocycles. The molecule has 1 aliphatic rings. The average molecular weight is 284 g/mol. The predicted octanol–water partition coefficient (Wildman–Crippen LogP) is 0.317. The first-order valence-corrected chi connectivity index (χ1v) is 6.16. The van der Waals surface area contributed by atoms with Gasteiger partial charge in [0, 0.05) is 27.1 Å². The van der Waals surface area contributed by atoms with Gasteiger partial charge in [0.2, 0.25) is 11.6 Å². The molecule has 1 fully saturated rings. The predicted molar refractivity (Wildman–Crippen MR) is 68.8 cm³/mol. The van der Waals surface area contributed by atoms with E-state index >= 15 is 0 Å². The normalized spacial score (nSPS) is 19.1. The number of morpholine rings is 1. The van der Waals surface area contributed by atoms with E-state index in [2.05, 4.69) is 4.98 Å². The van der Waals surface area contributed by atoms with Crippen LogP contribution in [0.1, 0.15) is 12.2 Å². The van der Waals surface area contributed by atoms with Gasteiger partial charge >= 0.3 is 11.8 Å². The van der Waals surface area contributed by atoms with Crippen LogP contribution in [0.25, 0.3) is 0 Å². The van der Waals surface area contributed by atoms with E-state index in [1.807, 2.05) is 0 Å². The molecule has 2 rings (SSSR count). The van der Waals surface area contributed by atoms with Crippen LogP contribution in [0, 0.1) is 17.0 Å². The zero-order chi connectivity index (χ0) is 14.9. The van der Waals surface area contributed by atoms with Gasteiger partial charge in [0.1, 0.15) is 0 Å². The third-order valence-electron chi connectivity index (χ3n) is 3.28. The molecule has 9 heteroatoms. The molecule has 1 aliphatic heterocycles. The maximum absolute atomic E-state index is 11.1. The summed E-state index contributed by atoms with van der Waals surface area (Å²) >= 11 is 0. The van der Waals surface area contributed by atoms with E-state index in [0.717, 1.165) is 0 Å². The van der Waals surface area contributed by atoms with Gasteiger partial charge in [-0.1, -0.05) is 0 Å². The summed E-state index contributed by atoms with van der Waals surface area (Å²) in [5.74, 6) is -0.229. The van der Waals surface area contributed by atoms with Gasteiger partial charge in [-0.25, -0.2) is 0 Å². The van der Waals surface area contributed by atoms with Crippen molar-refractivity contribution in [3.63, 3.8) is 0 Å². The number of aliphatic carboxylic acids is 1. The van der Waals surface area contributed by atoms with Gasteiger partial charge in [0.25, 0.3) is 0 Å². The molecular formula is C11H16N4O5. The quantitative estimate of drug-likeness (QED) is 0.626. The molecule has 1 N–H and O–H groups in total. The molecular weight excluding hydrogens is 268 g/mol. The number of anilines is 1. The van der Waals surface area contributed by atoms with Crippen LogP contribution in [0.3, 0.4) is 0 Å². The molecule has 1 atom stereocenters. The summed E-state index contributed by atoms with van der Waals surface area (Å²) in [6.07, 6.45) is -0.600. The summed E-state index contributed by atoms with van der Waals surface area (Å²) in [6, 6.07) is 0. The molecule has 0 saturated carbocycles. The Kier molecular flexibility index (Phi) is 3.89. The lowest BCUT2D eigenvalue weighted by molar-refractivity contribution is -0.388. The Bertz CT molecular complexity index is 541. The Morgan fingerprint density at radius 3 is 2.95 bits per heavy atom.